The summed E-state index contributed by atoms with van der Waals surface area (Å²) in [6.07, 6.45) is 1.83. The molecule has 0 bridgehead atoms. The van der Waals surface area contributed by atoms with Crippen LogP contribution in [0.5, 0.6) is 11.5 Å². The summed E-state index contributed by atoms with van der Waals surface area (Å²) in [5.41, 5.74) is -0.183. The predicted octanol–water partition coefficient (Wildman–Crippen LogP) is 3.45. The lowest BCUT2D eigenvalue weighted by Gasteiger charge is -2.21. The molecule has 0 heterocycles. The maximum Gasteiger partial charge on any atom is 0.201 e. The summed E-state index contributed by atoms with van der Waals surface area (Å²) in [5.74, 6) is -2.98. The van der Waals surface area contributed by atoms with Crippen LogP contribution in [0.25, 0.3) is 5.76 Å². The molecule has 0 spiro atoms. The summed E-state index contributed by atoms with van der Waals surface area (Å²) in [4.78, 5) is 37.4. The van der Waals surface area contributed by atoms with Crippen molar-refractivity contribution in [2.24, 2.45) is 0 Å². The number of carbonyl (C=O) groups is 3. The van der Waals surface area contributed by atoms with E-state index >= 15 is 0 Å². The highest BCUT2D eigenvalue weighted by atomic mass is 16.3. The van der Waals surface area contributed by atoms with Gasteiger partial charge in [0.2, 0.25) is 5.78 Å². The Balaban J connectivity index is 2.23. The van der Waals surface area contributed by atoms with Crippen molar-refractivity contribution in [2.75, 3.05) is 0 Å². The standard InChI is InChI=1S/C21H18O6/c1-3-5-11(22)9-15(24)16-10(2)8-13-18(20(16)26)21(27)17-12(19(13)25)6-4-7-14(17)23/h4,6-9,23-24,26H,3,5H2,1-2H3/b15-9-. The van der Waals surface area contributed by atoms with Gasteiger partial charge >= 0.3 is 0 Å². The van der Waals surface area contributed by atoms with Crippen molar-refractivity contribution in [3.05, 3.63) is 63.7 Å². The predicted molar refractivity (Wildman–Crippen MR) is 98.3 cm³/mol. The number of phenols is 2. The largest absolute Gasteiger partial charge is 0.507 e. The molecule has 6 heteroatoms. The molecule has 2 aromatic carbocycles. The van der Waals surface area contributed by atoms with Gasteiger partial charge in [0.05, 0.1) is 16.7 Å². The van der Waals surface area contributed by atoms with E-state index in [1.54, 1.807) is 6.92 Å². The first-order valence-electron chi connectivity index (χ1n) is 8.49. The third-order valence-electron chi connectivity index (χ3n) is 4.53. The Labute approximate surface area is 155 Å². The van der Waals surface area contributed by atoms with Crippen molar-refractivity contribution in [2.45, 2.75) is 26.7 Å². The number of aliphatic hydroxyl groups excluding tert-OH is 1. The second kappa shape index (κ2) is 6.72. The summed E-state index contributed by atoms with van der Waals surface area (Å²) in [6.45, 7) is 3.37. The van der Waals surface area contributed by atoms with Gasteiger partial charge in [-0.1, -0.05) is 19.1 Å². The Bertz CT molecular complexity index is 1030. The van der Waals surface area contributed by atoms with Gasteiger partial charge in [-0.15, -0.1) is 0 Å². The molecule has 0 fully saturated rings. The minimum absolute atomic E-state index is 0.00969. The first kappa shape index (κ1) is 18.4. The van der Waals surface area contributed by atoms with E-state index in [4.69, 9.17) is 0 Å². The highest BCUT2D eigenvalue weighted by Crippen LogP contribution is 2.41. The number of phenolic OH excluding ortho intramolecular Hbond substituents is 2. The number of hydrogen-bond donors (Lipinski definition) is 3. The minimum Gasteiger partial charge on any atom is -0.507 e. The number of aliphatic hydroxyl groups is 1. The monoisotopic (exact) mass is 366 g/mol. The maximum absolute atomic E-state index is 12.9. The van der Waals surface area contributed by atoms with E-state index in [9.17, 15) is 29.7 Å². The summed E-state index contributed by atoms with van der Waals surface area (Å²) in [5, 5.41) is 31.0. The molecule has 0 radical (unpaired) electrons. The van der Waals surface area contributed by atoms with Crippen LogP contribution in [0.2, 0.25) is 0 Å². The van der Waals surface area contributed by atoms with E-state index in [1.807, 2.05) is 6.92 Å². The molecule has 0 unspecified atom stereocenters. The molecule has 1 aliphatic rings. The van der Waals surface area contributed by atoms with Gasteiger partial charge in [-0.25, -0.2) is 0 Å². The van der Waals surface area contributed by atoms with Crippen LogP contribution in [-0.2, 0) is 4.79 Å². The molecule has 0 aliphatic heterocycles. The SMILES string of the molecule is CCCC(=O)/C=C(\O)c1c(C)cc2c(c1O)C(=O)c1c(O)cccc1C2=O. The normalized spacial score (nSPS) is 13.3. The lowest BCUT2D eigenvalue weighted by Crippen LogP contribution is -2.22. The maximum atomic E-state index is 12.9. The van der Waals surface area contributed by atoms with Crippen LogP contribution in [0.15, 0.2) is 30.3 Å². The van der Waals surface area contributed by atoms with Gasteiger partial charge in [0, 0.05) is 23.6 Å². The van der Waals surface area contributed by atoms with Crippen molar-refractivity contribution in [3.63, 3.8) is 0 Å². The number of benzene rings is 2. The molecule has 0 saturated carbocycles. The molecule has 0 atom stereocenters. The summed E-state index contributed by atoms with van der Waals surface area (Å²) < 4.78 is 0. The highest BCUT2D eigenvalue weighted by molar-refractivity contribution is 6.30. The van der Waals surface area contributed by atoms with E-state index in [0.717, 1.165) is 6.08 Å². The molecular weight excluding hydrogens is 348 g/mol. The van der Waals surface area contributed by atoms with Crippen LogP contribution in [0, 0.1) is 6.92 Å². The van der Waals surface area contributed by atoms with Crippen molar-refractivity contribution in [1.82, 2.24) is 0 Å². The summed E-state index contributed by atoms with van der Waals surface area (Å²) in [6, 6.07) is 5.56. The van der Waals surface area contributed by atoms with E-state index in [0.29, 0.717) is 12.0 Å². The zero-order valence-electron chi connectivity index (χ0n) is 14.9. The molecule has 0 amide bonds. The number of hydrogen-bond acceptors (Lipinski definition) is 6. The Kier molecular flexibility index (Phi) is 4.57. The van der Waals surface area contributed by atoms with E-state index in [2.05, 4.69) is 0 Å². The molecule has 3 rings (SSSR count). The fourth-order valence-corrected chi connectivity index (χ4v) is 3.31. The summed E-state index contributed by atoms with van der Waals surface area (Å²) in [7, 11) is 0. The lowest BCUT2D eigenvalue weighted by atomic mass is 9.81. The minimum atomic E-state index is -0.718. The van der Waals surface area contributed by atoms with Crippen molar-refractivity contribution in [3.8, 4) is 11.5 Å². The Morgan fingerprint density at radius 1 is 1.07 bits per heavy atom. The quantitative estimate of drug-likeness (QED) is 0.482. The second-order valence-electron chi connectivity index (χ2n) is 6.44. The number of carbonyl (C=O) groups excluding carboxylic acids is 3. The van der Waals surface area contributed by atoms with Crippen molar-refractivity contribution < 1.29 is 29.7 Å². The van der Waals surface area contributed by atoms with E-state index < -0.39 is 23.1 Å². The molecule has 0 aromatic heterocycles. The van der Waals surface area contributed by atoms with Crippen LogP contribution in [0.1, 0.15) is 62.7 Å². The third kappa shape index (κ3) is 2.89. The smallest absolute Gasteiger partial charge is 0.201 e. The number of ketones is 3. The van der Waals surface area contributed by atoms with Gasteiger partial charge in [-0.3, -0.25) is 14.4 Å². The molecule has 6 nitrogen and oxygen atoms in total. The fraction of sp³-hybridized carbons (Fsp3) is 0.190. The van der Waals surface area contributed by atoms with E-state index in [-0.39, 0.29) is 45.8 Å². The Morgan fingerprint density at radius 3 is 2.44 bits per heavy atom. The van der Waals surface area contributed by atoms with Crippen molar-refractivity contribution in [1.29, 1.82) is 0 Å². The number of allylic oxidation sites excluding steroid dienone is 1. The van der Waals surface area contributed by atoms with Crippen LogP contribution < -0.4 is 0 Å². The van der Waals surface area contributed by atoms with Gasteiger partial charge in [-0.2, -0.15) is 0 Å². The average molecular weight is 366 g/mol. The van der Waals surface area contributed by atoms with Gasteiger partial charge in [0.15, 0.2) is 11.6 Å². The van der Waals surface area contributed by atoms with Crippen LogP contribution in [0.4, 0.5) is 0 Å². The Hall–Kier alpha value is -3.41. The molecule has 2 aromatic rings. The molecule has 0 saturated heterocycles. The topological polar surface area (TPSA) is 112 Å². The lowest BCUT2D eigenvalue weighted by molar-refractivity contribution is -0.114. The molecule has 3 N–H and O–H groups in total. The average Bonchev–Trinajstić information content (AvgIpc) is 2.59. The van der Waals surface area contributed by atoms with Crippen LogP contribution >= 0.6 is 0 Å². The first-order chi connectivity index (χ1) is 12.8. The molecular formula is C21H18O6. The number of aryl methyl sites for hydroxylation is 1. The second-order valence-corrected chi connectivity index (χ2v) is 6.44. The number of aromatic hydroxyl groups is 2. The van der Waals surface area contributed by atoms with Crippen LogP contribution in [0.3, 0.4) is 0 Å². The first-order valence-corrected chi connectivity index (χ1v) is 8.49. The molecule has 138 valence electrons. The zero-order chi connectivity index (χ0) is 19.9. The Morgan fingerprint density at radius 2 is 1.78 bits per heavy atom. The molecule has 27 heavy (non-hydrogen) atoms. The third-order valence-corrected chi connectivity index (χ3v) is 4.53. The van der Waals surface area contributed by atoms with E-state index in [1.165, 1.54) is 24.3 Å². The zero-order valence-corrected chi connectivity index (χ0v) is 14.9. The fourth-order valence-electron chi connectivity index (χ4n) is 3.31. The van der Waals surface area contributed by atoms with Crippen LogP contribution in [-0.4, -0.2) is 32.7 Å². The van der Waals surface area contributed by atoms with Gasteiger partial charge in [0.1, 0.15) is 17.3 Å². The van der Waals surface area contributed by atoms with Gasteiger partial charge in [-0.05, 0) is 31.0 Å². The number of rotatable bonds is 4. The summed E-state index contributed by atoms with van der Waals surface area (Å²) >= 11 is 0. The molecule has 1 aliphatic carbocycles. The highest BCUT2D eigenvalue weighted by Gasteiger charge is 2.36. The van der Waals surface area contributed by atoms with Gasteiger partial charge < -0.3 is 15.3 Å². The van der Waals surface area contributed by atoms with Crippen molar-refractivity contribution >= 4 is 23.1 Å². The van der Waals surface area contributed by atoms with Gasteiger partial charge in [0.25, 0.3) is 0 Å². The number of fused-ring (bicyclic) bond motifs is 2.